The second-order valence-electron chi connectivity index (χ2n) is 5.68. The molecule has 1 unspecified atom stereocenters. The molecular formula is C14H17N5O2S. The van der Waals surface area contributed by atoms with Crippen LogP contribution in [0.4, 0.5) is 5.13 Å². The first-order chi connectivity index (χ1) is 10.7. The number of carbonyl (C=O) groups excluding carboxylic acids is 1. The maximum absolute atomic E-state index is 12.4. The lowest BCUT2D eigenvalue weighted by atomic mass is 10.2. The molecule has 1 aliphatic carbocycles. The van der Waals surface area contributed by atoms with E-state index in [0.717, 1.165) is 37.3 Å². The maximum atomic E-state index is 12.4. The van der Waals surface area contributed by atoms with Gasteiger partial charge < -0.3 is 4.74 Å². The van der Waals surface area contributed by atoms with Gasteiger partial charge in [-0.3, -0.25) is 10.1 Å². The van der Waals surface area contributed by atoms with E-state index < -0.39 is 0 Å². The van der Waals surface area contributed by atoms with Crippen LogP contribution < -0.4 is 5.32 Å². The molecule has 7 nitrogen and oxygen atoms in total. The van der Waals surface area contributed by atoms with Crippen molar-refractivity contribution in [3.05, 3.63) is 22.0 Å². The van der Waals surface area contributed by atoms with Gasteiger partial charge in [0.25, 0.3) is 5.91 Å². The van der Waals surface area contributed by atoms with E-state index in [2.05, 4.69) is 20.6 Å². The van der Waals surface area contributed by atoms with Gasteiger partial charge in [-0.1, -0.05) is 5.21 Å². The van der Waals surface area contributed by atoms with Crippen molar-refractivity contribution < 1.29 is 9.53 Å². The largest absolute Gasteiger partial charge is 0.379 e. The van der Waals surface area contributed by atoms with Crippen LogP contribution >= 0.6 is 11.3 Å². The Bertz CT molecular complexity index is 695. The first-order valence-corrected chi connectivity index (χ1v) is 8.33. The van der Waals surface area contributed by atoms with E-state index in [0.29, 0.717) is 17.4 Å². The number of hydrogen-bond acceptors (Lipinski definition) is 6. The predicted molar refractivity (Wildman–Crippen MR) is 81.3 cm³/mol. The fourth-order valence-electron chi connectivity index (χ4n) is 3.01. The van der Waals surface area contributed by atoms with Crippen LogP contribution in [-0.2, 0) is 17.6 Å². The average molecular weight is 319 g/mol. The Kier molecular flexibility index (Phi) is 3.42. The van der Waals surface area contributed by atoms with E-state index in [4.69, 9.17) is 4.74 Å². The molecule has 0 bridgehead atoms. The summed E-state index contributed by atoms with van der Waals surface area (Å²) < 4.78 is 7.16. The molecule has 0 saturated carbocycles. The first kappa shape index (κ1) is 13.8. The fourth-order valence-corrected chi connectivity index (χ4v) is 4.06. The summed E-state index contributed by atoms with van der Waals surface area (Å²) in [4.78, 5) is 18.2. The number of anilines is 1. The zero-order chi connectivity index (χ0) is 15.1. The third-order valence-electron chi connectivity index (χ3n) is 4.21. The highest BCUT2D eigenvalue weighted by molar-refractivity contribution is 7.15. The van der Waals surface area contributed by atoms with Crippen molar-refractivity contribution >= 4 is 22.4 Å². The van der Waals surface area contributed by atoms with Gasteiger partial charge in [0, 0.05) is 11.5 Å². The van der Waals surface area contributed by atoms with Gasteiger partial charge in [-0.05, 0) is 32.6 Å². The van der Waals surface area contributed by atoms with Gasteiger partial charge in [0.1, 0.15) is 0 Å². The number of ether oxygens (including phenoxy) is 1. The quantitative estimate of drug-likeness (QED) is 0.932. The molecule has 1 amide bonds. The summed E-state index contributed by atoms with van der Waals surface area (Å²) in [5.74, 6) is -0.241. The van der Waals surface area contributed by atoms with E-state index in [-0.39, 0.29) is 11.9 Å². The molecule has 0 radical (unpaired) electrons. The molecule has 0 aromatic carbocycles. The van der Waals surface area contributed by atoms with Crippen molar-refractivity contribution in [2.75, 3.05) is 18.5 Å². The number of nitrogens with one attached hydrogen (secondary N) is 1. The third-order valence-corrected chi connectivity index (χ3v) is 5.28. The minimum Gasteiger partial charge on any atom is -0.379 e. The lowest BCUT2D eigenvalue weighted by molar-refractivity contribution is 0.102. The molecule has 2 aliphatic rings. The Morgan fingerprint density at radius 2 is 2.36 bits per heavy atom. The second-order valence-corrected chi connectivity index (χ2v) is 6.77. The number of amides is 1. The van der Waals surface area contributed by atoms with Crippen LogP contribution in [0, 0.1) is 6.92 Å². The van der Waals surface area contributed by atoms with Crippen LogP contribution in [-0.4, -0.2) is 39.1 Å². The van der Waals surface area contributed by atoms with E-state index >= 15 is 0 Å². The monoisotopic (exact) mass is 319 g/mol. The van der Waals surface area contributed by atoms with Gasteiger partial charge in [0.05, 0.1) is 24.0 Å². The Morgan fingerprint density at radius 1 is 1.45 bits per heavy atom. The van der Waals surface area contributed by atoms with Crippen molar-refractivity contribution in [3.63, 3.8) is 0 Å². The number of hydrogen-bond donors (Lipinski definition) is 1. The summed E-state index contributed by atoms with van der Waals surface area (Å²) in [6.45, 7) is 3.23. The number of rotatable bonds is 3. The van der Waals surface area contributed by atoms with Crippen LogP contribution in [0.2, 0.25) is 0 Å². The highest BCUT2D eigenvalue weighted by atomic mass is 32.1. The van der Waals surface area contributed by atoms with Gasteiger partial charge in [0.2, 0.25) is 0 Å². The van der Waals surface area contributed by atoms with E-state index in [1.165, 1.54) is 11.3 Å². The Morgan fingerprint density at radius 3 is 3.14 bits per heavy atom. The molecular weight excluding hydrogens is 302 g/mol. The van der Waals surface area contributed by atoms with Crippen LogP contribution in [0.5, 0.6) is 0 Å². The molecule has 2 aromatic rings. The summed E-state index contributed by atoms with van der Waals surface area (Å²) in [6, 6.07) is 0.178. The molecule has 0 spiro atoms. The molecule has 1 N–H and O–H groups in total. The van der Waals surface area contributed by atoms with Crippen molar-refractivity contribution in [1.82, 2.24) is 20.0 Å². The zero-order valence-electron chi connectivity index (χ0n) is 12.3. The van der Waals surface area contributed by atoms with E-state index in [1.807, 2.05) is 6.92 Å². The standard InChI is InChI=1S/C14H17N5O2S/c1-8-12(17-18-19(8)9-5-6-21-7-9)13(20)16-14-15-10-3-2-4-11(10)22-14/h9H,2-7H2,1H3,(H,15,16,20). The first-order valence-electron chi connectivity index (χ1n) is 7.52. The summed E-state index contributed by atoms with van der Waals surface area (Å²) in [6.07, 6.45) is 4.15. The number of aromatic nitrogens is 4. The molecule has 116 valence electrons. The molecule has 4 rings (SSSR count). The molecule has 22 heavy (non-hydrogen) atoms. The minimum absolute atomic E-state index is 0.178. The summed E-state index contributed by atoms with van der Waals surface area (Å²) in [5, 5.41) is 11.7. The van der Waals surface area contributed by atoms with Crippen molar-refractivity contribution in [2.45, 2.75) is 38.6 Å². The van der Waals surface area contributed by atoms with Crippen LogP contribution in [0.3, 0.4) is 0 Å². The summed E-state index contributed by atoms with van der Waals surface area (Å²) in [7, 11) is 0. The van der Waals surface area contributed by atoms with E-state index in [1.54, 1.807) is 16.0 Å². The van der Waals surface area contributed by atoms with Gasteiger partial charge in [-0.2, -0.15) is 0 Å². The molecule has 3 heterocycles. The second kappa shape index (κ2) is 5.44. The Balaban J connectivity index is 1.52. The maximum Gasteiger partial charge on any atom is 0.279 e. The van der Waals surface area contributed by atoms with Gasteiger partial charge >= 0.3 is 0 Å². The zero-order valence-corrected chi connectivity index (χ0v) is 13.2. The Hall–Kier alpha value is -1.80. The summed E-state index contributed by atoms with van der Waals surface area (Å²) in [5.41, 5.74) is 2.27. The summed E-state index contributed by atoms with van der Waals surface area (Å²) >= 11 is 1.56. The minimum atomic E-state index is -0.241. The highest BCUT2D eigenvalue weighted by Gasteiger charge is 2.25. The molecule has 1 saturated heterocycles. The van der Waals surface area contributed by atoms with Crippen LogP contribution in [0.15, 0.2) is 0 Å². The number of fused-ring (bicyclic) bond motifs is 1. The van der Waals surface area contributed by atoms with Crippen molar-refractivity contribution in [2.24, 2.45) is 0 Å². The van der Waals surface area contributed by atoms with Crippen LogP contribution in [0.25, 0.3) is 0 Å². The van der Waals surface area contributed by atoms with Gasteiger partial charge in [-0.25, -0.2) is 9.67 Å². The van der Waals surface area contributed by atoms with E-state index in [9.17, 15) is 4.79 Å². The molecule has 1 atom stereocenters. The Labute approximate surface area is 131 Å². The van der Waals surface area contributed by atoms with Gasteiger partial charge in [0.15, 0.2) is 10.8 Å². The topological polar surface area (TPSA) is 81.9 Å². The van der Waals surface area contributed by atoms with Crippen LogP contribution in [0.1, 0.15) is 45.6 Å². The van der Waals surface area contributed by atoms with Gasteiger partial charge in [-0.15, -0.1) is 16.4 Å². The number of aryl methyl sites for hydroxylation is 2. The smallest absolute Gasteiger partial charge is 0.279 e. The van der Waals surface area contributed by atoms with Crippen molar-refractivity contribution in [3.8, 4) is 0 Å². The molecule has 1 aliphatic heterocycles. The predicted octanol–water partition coefficient (Wildman–Crippen LogP) is 1.75. The molecule has 1 fully saturated rings. The SMILES string of the molecule is Cc1c(C(=O)Nc2nc3c(s2)CCC3)nnn1C1CCOC1. The fraction of sp³-hybridized carbons (Fsp3) is 0.571. The normalized spacial score (nSPS) is 20.3. The highest BCUT2D eigenvalue weighted by Crippen LogP contribution is 2.30. The third kappa shape index (κ3) is 2.32. The van der Waals surface area contributed by atoms with Crippen molar-refractivity contribution in [1.29, 1.82) is 0 Å². The molecule has 2 aromatic heterocycles. The molecule has 8 heteroatoms. The number of thiazole rings is 1. The average Bonchev–Trinajstić information content (AvgIpc) is 3.19. The number of carbonyl (C=O) groups is 1. The number of nitrogens with zero attached hydrogens (tertiary/aromatic N) is 4. The lowest BCUT2D eigenvalue weighted by Crippen LogP contribution is -2.16. The lowest BCUT2D eigenvalue weighted by Gasteiger charge is -2.09.